The summed E-state index contributed by atoms with van der Waals surface area (Å²) in [5, 5.41) is 2.51. The molecule has 1 aliphatic carbocycles. The number of anilines is 2. The predicted molar refractivity (Wildman–Crippen MR) is 196 cm³/mol. The lowest BCUT2D eigenvalue weighted by molar-refractivity contribution is 0.686. The Bertz CT molecular complexity index is 2050. The minimum atomic E-state index is -0.366. The molecular weight excluding hydrogens is 556 g/mol. The minimum Gasteiger partial charge on any atom is -0.397 e. The van der Waals surface area contributed by atoms with Crippen LogP contribution in [0.5, 0.6) is 0 Å². The molecule has 0 spiro atoms. The fourth-order valence-electron chi connectivity index (χ4n) is 7.16. The highest BCUT2D eigenvalue weighted by Gasteiger charge is 2.34. The molecule has 7 rings (SSSR count). The first-order chi connectivity index (χ1) is 22.5. The molecule has 0 aliphatic heterocycles. The van der Waals surface area contributed by atoms with Crippen LogP contribution in [0.4, 0.5) is 11.4 Å². The number of rotatable bonds is 8. The Hall–Kier alpha value is -5.34. The first-order valence-electron chi connectivity index (χ1n) is 16.2. The maximum absolute atomic E-state index is 6.51. The molecule has 226 valence electrons. The second-order valence-corrected chi connectivity index (χ2v) is 12.6. The molecule has 0 saturated carbocycles. The van der Waals surface area contributed by atoms with Gasteiger partial charge in [0.2, 0.25) is 0 Å². The summed E-state index contributed by atoms with van der Waals surface area (Å²) in [5.74, 6) is 0. The molecule has 2 unspecified atom stereocenters. The van der Waals surface area contributed by atoms with Gasteiger partial charge in [-0.25, -0.2) is 0 Å². The van der Waals surface area contributed by atoms with Crippen molar-refractivity contribution in [1.82, 2.24) is 0 Å². The summed E-state index contributed by atoms with van der Waals surface area (Å²) in [4.78, 5) is 2.43. The average Bonchev–Trinajstić information content (AvgIpc) is 3.11. The zero-order valence-electron chi connectivity index (χ0n) is 26.6. The molecular formula is C44H40N2. The lowest BCUT2D eigenvalue weighted by Crippen LogP contribution is -2.34. The molecule has 2 atom stereocenters. The maximum atomic E-state index is 6.51. The van der Waals surface area contributed by atoms with Gasteiger partial charge >= 0.3 is 0 Å². The fourth-order valence-corrected chi connectivity index (χ4v) is 7.16. The van der Waals surface area contributed by atoms with Gasteiger partial charge in [0.25, 0.3) is 0 Å². The third-order valence-electron chi connectivity index (χ3n) is 9.68. The van der Waals surface area contributed by atoms with Crippen molar-refractivity contribution in [1.29, 1.82) is 0 Å². The lowest BCUT2D eigenvalue weighted by Gasteiger charge is -2.35. The van der Waals surface area contributed by atoms with Crippen LogP contribution in [-0.2, 0) is 12.0 Å². The summed E-state index contributed by atoms with van der Waals surface area (Å²) >= 11 is 0. The molecule has 2 N–H and O–H groups in total. The molecule has 46 heavy (non-hydrogen) atoms. The van der Waals surface area contributed by atoms with Crippen LogP contribution in [0.3, 0.4) is 0 Å². The molecule has 6 aromatic carbocycles. The van der Waals surface area contributed by atoms with Gasteiger partial charge in [0, 0.05) is 12.0 Å². The van der Waals surface area contributed by atoms with Crippen molar-refractivity contribution in [2.75, 3.05) is 10.6 Å². The van der Waals surface area contributed by atoms with Crippen molar-refractivity contribution >= 4 is 22.1 Å². The number of fused-ring (bicyclic) bond motifs is 1. The molecule has 0 aromatic heterocycles. The summed E-state index contributed by atoms with van der Waals surface area (Å²) in [7, 11) is 0. The number of nitrogens with two attached hydrogens (primary N) is 1. The van der Waals surface area contributed by atoms with E-state index in [1.165, 1.54) is 49.7 Å². The number of para-hydroxylation sites is 2. The van der Waals surface area contributed by atoms with Gasteiger partial charge in [-0.05, 0) is 88.2 Å². The standard InChI is InChI=1S/C44H40N2/c1-32-29-33(31-46(38-19-7-4-8-20-38)43-24-14-13-23-42(43)45)25-28-39(32)40-21-11-12-22-41(40)44(2,36-17-5-3-6-18-36)37-27-26-34-15-9-10-16-35(34)30-37/h3-19,21-30,38H,20,31,45H2,1-2H3. The van der Waals surface area contributed by atoms with E-state index >= 15 is 0 Å². The van der Waals surface area contributed by atoms with Gasteiger partial charge in [0.05, 0.1) is 17.4 Å². The Morgan fingerprint density at radius 3 is 2.20 bits per heavy atom. The molecule has 2 nitrogen and oxygen atoms in total. The average molecular weight is 597 g/mol. The van der Waals surface area contributed by atoms with Crippen molar-refractivity contribution < 1.29 is 0 Å². The summed E-state index contributed by atoms with van der Waals surface area (Å²) in [5.41, 5.74) is 16.9. The van der Waals surface area contributed by atoms with Crippen LogP contribution in [0.25, 0.3) is 21.9 Å². The van der Waals surface area contributed by atoms with Gasteiger partial charge in [0.15, 0.2) is 0 Å². The number of benzene rings is 6. The topological polar surface area (TPSA) is 29.3 Å². The summed E-state index contributed by atoms with van der Waals surface area (Å²) < 4.78 is 0. The summed E-state index contributed by atoms with van der Waals surface area (Å²) in [6.07, 6.45) is 9.75. The first-order valence-corrected chi connectivity index (χ1v) is 16.2. The molecule has 6 aromatic rings. The van der Waals surface area contributed by atoms with Gasteiger partial charge in [-0.2, -0.15) is 0 Å². The van der Waals surface area contributed by atoms with E-state index in [9.17, 15) is 0 Å². The van der Waals surface area contributed by atoms with E-state index in [-0.39, 0.29) is 11.5 Å². The van der Waals surface area contributed by atoms with E-state index in [4.69, 9.17) is 5.73 Å². The van der Waals surface area contributed by atoms with Crippen molar-refractivity contribution in [2.45, 2.75) is 38.3 Å². The second kappa shape index (κ2) is 12.6. The Morgan fingerprint density at radius 1 is 0.674 bits per heavy atom. The fraction of sp³-hybridized carbons (Fsp3) is 0.136. The van der Waals surface area contributed by atoms with Crippen LogP contribution >= 0.6 is 0 Å². The van der Waals surface area contributed by atoms with Gasteiger partial charge < -0.3 is 10.6 Å². The number of allylic oxidation sites excluding steroid dienone is 2. The van der Waals surface area contributed by atoms with Crippen molar-refractivity contribution in [2.24, 2.45) is 0 Å². The molecule has 1 aliphatic rings. The van der Waals surface area contributed by atoms with E-state index in [1.807, 2.05) is 12.1 Å². The molecule has 0 fully saturated rings. The van der Waals surface area contributed by atoms with Crippen molar-refractivity contribution in [3.63, 3.8) is 0 Å². The Kier molecular flexibility index (Phi) is 8.03. The molecule has 2 heteroatoms. The number of nitrogen functional groups attached to an aromatic ring is 1. The van der Waals surface area contributed by atoms with Gasteiger partial charge in [0.1, 0.15) is 0 Å². The smallest absolute Gasteiger partial charge is 0.0608 e. The van der Waals surface area contributed by atoms with Gasteiger partial charge in [-0.15, -0.1) is 0 Å². The van der Waals surface area contributed by atoms with E-state index in [2.05, 4.69) is 170 Å². The minimum absolute atomic E-state index is 0.254. The van der Waals surface area contributed by atoms with Crippen LogP contribution < -0.4 is 10.6 Å². The molecule has 0 saturated heterocycles. The first kappa shape index (κ1) is 29.4. The van der Waals surface area contributed by atoms with Gasteiger partial charge in [-0.3, -0.25) is 0 Å². The highest BCUT2D eigenvalue weighted by molar-refractivity contribution is 5.84. The SMILES string of the molecule is Cc1cc(CN(c2ccccc2N)C2C=CC=CC2)ccc1-c1ccccc1C(C)(c1ccccc1)c1ccc2ccccc2c1. The molecule has 0 amide bonds. The highest BCUT2D eigenvalue weighted by atomic mass is 15.2. The second-order valence-electron chi connectivity index (χ2n) is 12.6. The number of aryl methyl sites for hydroxylation is 1. The van der Waals surface area contributed by atoms with Gasteiger partial charge in [-0.1, -0.05) is 146 Å². The maximum Gasteiger partial charge on any atom is 0.0608 e. The van der Waals surface area contributed by atoms with Crippen molar-refractivity contribution in [3.05, 3.63) is 192 Å². The highest BCUT2D eigenvalue weighted by Crippen LogP contribution is 2.44. The number of hydrogen-bond acceptors (Lipinski definition) is 2. The zero-order valence-corrected chi connectivity index (χ0v) is 26.6. The van der Waals surface area contributed by atoms with E-state index in [0.717, 1.165) is 24.3 Å². The third-order valence-corrected chi connectivity index (χ3v) is 9.68. The lowest BCUT2D eigenvalue weighted by atomic mass is 9.68. The zero-order chi connectivity index (χ0) is 31.5. The quantitative estimate of drug-likeness (QED) is 0.140. The number of nitrogens with zero attached hydrogens (tertiary/aromatic N) is 1. The largest absolute Gasteiger partial charge is 0.397 e. The van der Waals surface area contributed by atoms with E-state index < -0.39 is 0 Å². The van der Waals surface area contributed by atoms with Crippen molar-refractivity contribution in [3.8, 4) is 11.1 Å². The van der Waals surface area contributed by atoms with Crippen LogP contribution in [-0.4, -0.2) is 6.04 Å². The van der Waals surface area contributed by atoms with Crippen LogP contribution in [0.15, 0.2) is 164 Å². The predicted octanol–water partition coefficient (Wildman–Crippen LogP) is 10.6. The summed E-state index contributed by atoms with van der Waals surface area (Å²) in [6, 6.07) is 50.9. The van der Waals surface area contributed by atoms with Crippen LogP contribution in [0.1, 0.15) is 41.2 Å². The monoisotopic (exact) mass is 596 g/mol. The molecule has 0 bridgehead atoms. The third kappa shape index (κ3) is 5.52. The van der Waals surface area contributed by atoms with Crippen LogP contribution in [0.2, 0.25) is 0 Å². The molecule has 0 heterocycles. The Balaban J connectivity index is 1.31. The van der Waals surface area contributed by atoms with E-state index in [0.29, 0.717) is 0 Å². The summed E-state index contributed by atoms with van der Waals surface area (Å²) in [6.45, 7) is 5.40. The molecule has 0 radical (unpaired) electrons. The van der Waals surface area contributed by atoms with E-state index in [1.54, 1.807) is 0 Å². The Morgan fingerprint density at radius 2 is 1.41 bits per heavy atom. The number of hydrogen-bond donors (Lipinski definition) is 1. The Labute approximate surface area is 273 Å². The normalized spacial score (nSPS) is 15.5. The van der Waals surface area contributed by atoms with Crippen LogP contribution in [0, 0.1) is 6.92 Å².